The van der Waals surface area contributed by atoms with Gasteiger partial charge < -0.3 is 24.4 Å². The minimum absolute atomic E-state index is 0.0644. The van der Waals surface area contributed by atoms with Gasteiger partial charge in [0.1, 0.15) is 29.8 Å². The number of aromatic nitrogens is 3. The maximum Gasteiger partial charge on any atom is 0.274 e. The lowest BCUT2D eigenvalue weighted by Crippen LogP contribution is -2.54. The molecule has 2 fully saturated rings. The van der Waals surface area contributed by atoms with E-state index in [2.05, 4.69) is 20.5 Å². The van der Waals surface area contributed by atoms with Gasteiger partial charge in [-0.1, -0.05) is 6.07 Å². The van der Waals surface area contributed by atoms with E-state index < -0.39 is 29.7 Å². The molecule has 5 heterocycles. The number of carbonyl (C=O) groups is 5. The fourth-order valence-electron chi connectivity index (χ4n) is 6.84. The number of carbonyl (C=O) groups excluding carboxylic acids is 5. The van der Waals surface area contributed by atoms with Crippen molar-refractivity contribution in [1.82, 2.24) is 29.9 Å². The van der Waals surface area contributed by atoms with E-state index in [1.807, 2.05) is 36.0 Å². The fourth-order valence-corrected chi connectivity index (χ4v) is 6.84. The Morgan fingerprint density at radius 3 is 2.54 bits per heavy atom. The maximum absolute atomic E-state index is 13.0. The Hall–Kier alpha value is -5.67. The Morgan fingerprint density at radius 1 is 0.962 bits per heavy atom. The Kier molecular flexibility index (Phi) is 9.96. The largest absolute Gasteiger partial charge is 0.494 e. The summed E-state index contributed by atoms with van der Waals surface area (Å²) in [5.41, 5.74) is 2.81. The number of hydrogen-bond donors (Lipinski definition) is 2. The van der Waals surface area contributed by atoms with E-state index in [-0.39, 0.29) is 42.5 Å². The van der Waals surface area contributed by atoms with E-state index >= 15 is 0 Å². The minimum atomic E-state index is -1.01. The number of fused-ring (bicyclic) bond motifs is 2. The highest BCUT2D eigenvalue weighted by atomic mass is 16.5. The van der Waals surface area contributed by atoms with Gasteiger partial charge in [0.2, 0.25) is 11.8 Å². The number of methoxy groups -OCH3 is 1. The molecule has 0 saturated carbocycles. The van der Waals surface area contributed by atoms with Crippen LogP contribution in [0.5, 0.6) is 11.5 Å². The Balaban J connectivity index is 0.846. The number of rotatable bonds is 12. The van der Waals surface area contributed by atoms with Crippen LogP contribution in [-0.2, 0) is 14.3 Å². The maximum atomic E-state index is 13.0. The van der Waals surface area contributed by atoms with Crippen LogP contribution >= 0.6 is 0 Å². The van der Waals surface area contributed by atoms with Crippen molar-refractivity contribution < 1.29 is 38.2 Å². The highest BCUT2D eigenvalue weighted by molar-refractivity contribution is 6.23. The van der Waals surface area contributed by atoms with Crippen LogP contribution in [0.1, 0.15) is 68.6 Å². The van der Waals surface area contributed by atoms with Crippen LogP contribution in [0, 0.1) is 6.92 Å². The number of imide groups is 2. The van der Waals surface area contributed by atoms with Gasteiger partial charge in [-0.3, -0.25) is 38.9 Å². The molecule has 15 heteroatoms. The van der Waals surface area contributed by atoms with Gasteiger partial charge in [0.05, 0.1) is 48.7 Å². The molecular formula is C37H39N7O8. The summed E-state index contributed by atoms with van der Waals surface area (Å²) >= 11 is 0. The van der Waals surface area contributed by atoms with Gasteiger partial charge >= 0.3 is 0 Å². The smallest absolute Gasteiger partial charge is 0.274 e. The molecule has 2 aromatic carbocycles. The second kappa shape index (κ2) is 14.9. The van der Waals surface area contributed by atoms with E-state index in [0.29, 0.717) is 36.1 Å². The Morgan fingerprint density at radius 2 is 1.77 bits per heavy atom. The molecule has 2 N–H and O–H groups in total. The first-order chi connectivity index (χ1) is 25.2. The second-order valence-electron chi connectivity index (χ2n) is 13.0. The van der Waals surface area contributed by atoms with E-state index in [4.69, 9.17) is 19.3 Å². The molecule has 7 rings (SSSR count). The monoisotopic (exact) mass is 709 g/mol. The Labute approximate surface area is 299 Å². The van der Waals surface area contributed by atoms with Crippen LogP contribution in [0.4, 0.5) is 5.69 Å². The first-order valence-corrected chi connectivity index (χ1v) is 17.3. The third-order valence-corrected chi connectivity index (χ3v) is 9.60. The predicted octanol–water partition coefficient (Wildman–Crippen LogP) is 3.13. The van der Waals surface area contributed by atoms with Crippen molar-refractivity contribution in [3.63, 3.8) is 0 Å². The molecule has 0 radical (unpaired) electrons. The van der Waals surface area contributed by atoms with Crippen molar-refractivity contribution in [3.05, 3.63) is 77.2 Å². The summed E-state index contributed by atoms with van der Waals surface area (Å²) in [5, 5.41) is 10.8. The number of likely N-dealkylation sites (tertiary alicyclic amines) is 1. The van der Waals surface area contributed by atoms with Crippen LogP contribution in [0.2, 0.25) is 0 Å². The van der Waals surface area contributed by atoms with E-state index in [0.717, 1.165) is 54.0 Å². The fraction of sp³-hybridized carbons (Fsp3) is 0.378. The molecule has 1 atom stereocenters. The van der Waals surface area contributed by atoms with Crippen molar-refractivity contribution in [2.24, 2.45) is 0 Å². The van der Waals surface area contributed by atoms with Gasteiger partial charge in [-0.05, 0) is 62.6 Å². The van der Waals surface area contributed by atoms with Crippen LogP contribution in [0.3, 0.4) is 0 Å². The predicted molar refractivity (Wildman–Crippen MR) is 187 cm³/mol. The molecule has 52 heavy (non-hydrogen) atoms. The molecule has 5 amide bonds. The minimum Gasteiger partial charge on any atom is -0.494 e. The number of ether oxygens (including phenoxy) is 3. The number of nitrogens with one attached hydrogen (secondary N) is 2. The van der Waals surface area contributed by atoms with E-state index in [9.17, 15) is 24.0 Å². The number of aryl methyl sites for hydroxylation is 1. The first-order valence-electron chi connectivity index (χ1n) is 17.3. The van der Waals surface area contributed by atoms with Crippen molar-refractivity contribution in [2.45, 2.75) is 44.7 Å². The lowest BCUT2D eigenvalue weighted by molar-refractivity contribution is -0.136. The van der Waals surface area contributed by atoms with Gasteiger partial charge in [-0.15, -0.1) is 0 Å². The third-order valence-electron chi connectivity index (χ3n) is 9.60. The number of amides is 5. The number of anilines is 1. The van der Waals surface area contributed by atoms with Gasteiger partial charge in [0.15, 0.2) is 0 Å². The third kappa shape index (κ3) is 7.22. The highest BCUT2D eigenvalue weighted by Crippen LogP contribution is 2.33. The van der Waals surface area contributed by atoms with Crippen LogP contribution < -0.4 is 20.1 Å². The summed E-state index contributed by atoms with van der Waals surface area (Å²) in [7, 11) is 1.56. The first kappa shape index (κ1) is 34.8. The van der Waals surface area contributed by atoms with Crippen molar-refractivity contribution in [3.8, 4) is 11.5 Å². The average Bonchev–Trinajstić information content (AvgIpc) is 3.66. The summed E-state index contributed by atoms with van der Waals surface area (Å²) in [6, 6.07) is 12.9. The number of benzene rings is 2. The quantitative estimate of drug-likeness (QED) is 0.163. The second-order valence-corrected chi connectivity index (χ2v) is 13.0. The number of nitrogens with zero attached hydrogens (tertiary/aromatic N) is 5. The Bertz CT molecular complexity index is 2050. The molecule has 2 aromatic heterocycles. The lowest BCUT2D eigenvalue weighted by atomic mass is 10.0. The molecule has 2 saturated heterocycles. The summed E-state index contributed by atoms with van der Waals surface area (Å²) in [4.78, 5) is 70.2. The molecule has 3 aliphatic heterocycles. The zero-order valence-corrected chi connectivity index (χ0v) is 28.9. The van der Waals surface area contributed by atoms with Gasteiger partial charge in [-0.25, -0.2) is 4.98 Å². The molecular weight excluding hydrogens is 670 g/mol. The van der Waals surface area contributed by atoms with Crippen molar-refractivity contribution in [2.75, 3.05) is 51.9 Å². The van der Waals surface area contributed by atoms with Gasteiger partial charge in [0.25, 0.3) is 17.7 Å². The van der Waals surface area contributed by atoms with Gasteiger partial charge in [0, 0.05) is 49.4 Å². The average molecular weight is 710 g/mol. The number of pyridine rings is 1. The lowest BCUT2D eigenvalue weighted by Gasteiger charge is -2.31. The van der Waals surface area contributed by atoms with Crippen LogP contribution in [-0.4, -0.2) is 107 Å². The zero-order valence-electron chi connectivity index (χ0n) is 28.9. The van der Waals surface area contributed by atoms with Gasteiger partial charge in [-0.2, -0.15) is 5.10 Å². The summed E-state index contributed by atoms with van der Waals surface area (Å²) < 4.78 is 19.2. The number of piperidine rings is 2. The molecule has 0 bridgehead atoms. The molecule has 1 unspecified atom stereocenters. The highest BCUT2D eigenvalue weighted by Gasteiger charge is 2.44. The normalized spacial score (nSPS) is 18.1. The van der Waals surface area contributed by atoms with Crippen molar-refractivity contribution in [1.29, 1.82) is 0 Å². The SMILES string of the molecule is COc1cc2nn(C3CCN(CCOCCOc4ccc5c(c4)C(=O)N(C4CCC(=O)NC4=O)C5=O)CC3)cc2cc1NC(=O)c1cccc(C)n1. The number of hydrogen-bond acceptors (Lipinski definition) is 11. The summed E-state index contributed by atoms with van der Waals surface area (Å²) in [6.07, 6.45) is 4.04. The van der Waals surface area contributed by atoms with E-state index in [1.54, 1.807) is 25.3 Å². The van der Waals surface area contributed by atoms with Crippen molar-refractivity contribution >= 4 is 46.1 Å². The molecule has 270 valence electrons. The van der Waals surface area contributed by atoms with Crippen LogP contribution in [0.15, 0.2) is 54.7 Å². The molecule has 3 aliphatic rings. The standard InChI is InChI=1S/C37H39N7O8/c1-22-4-3-5-28(38-22)34(46)39-30-18-23-21-43(41-29(23)20-32(30)50-2)24-10-12-42(13-11-24)14-15-51-16-17-52-25-6-7-26-27(19-25)37(49)44(36(26)48)31-8-9-33(45)40-35(31)47/h3-7,18-21,24,31H,8-17H2,1-2H3,(H,39,46)(H,40,45,47). The topological polar surface area (TPSA) is 174 Å². The van der Waals surface area contributed by atoms with E-state index in [1.165, 1.54) is 12.1 Å². The molecule has 4 aromatic rings. The summed E-state index contributed by atoms with van der Waals surface area (Å²) in [5.74, 6) is -1.56. The van der Waals surface area contributed by atoms with Crippen LogP contribution in [0.25, 0.3) is 10.9 Å². The molecule has 0 aliphatic carbocycles. The summed E-state index contributed by atoms with van der Waals surface area (Å²) in [6.45, 7) is 5.54. The molecule has 15 nitrogen and oxygen atoms in total. The zero-order chi connectivity index (χ0) is 36.4. The molecule has 0 spiro atoms.